The van der Waals surface area contributed by atoms with Gasteiger partial charge in [0.05, 0.1) is 11.8 Å². The molecule has 0 amide bonds. The predicted octanol–water partition coefficient (Wildman–Crippen LogP) is 0.216. The van der Waals surface area contributed by atoms with Crippen molar-refractivity contribution in [3.8, 4) is 0 Å². The van der Waals surface area contributed by atoms with Gasteiger partial charge >= 0.3 is 5.97 Å². The molecule has 1 fully saturated rings. The van der Waals surface area contributed by atoms with Crippen LogP contribution in [0.25, 0.3) is 0 Å². The van der Waals surface area contributed by atoms with Crippen molar-refractivity contribution in [3.05, 3.63) is 11.4 Å². The molecule has 1 aromatic rings. The molecule has 1 aliphatic rings. The monoisotopic (exact) mass is 303 g/mol. The fraction of sp³-hybridized carbons (Fsp3) is 0.636. The fourth-order valence-corrected chi connectivity index (χ4v) is 3.69. The van der Waals surface area contributed by atoms with E-state index >= 15 is 0 Å². The Labute approximate surface area is 116 Å². The topological polar surface area (TPSA) is 113 Å². The first-order valence-corrected chi connectivity index (χ1v) is 7.64. The van der Waals surface area contributed by atoms with E-state index in [1.54, 1.807) is 0 Å². The van der Waals surface area contributed by atoms with Crippen molar-refractivity contribution < 1.29 is 23.1 Å². The van der Waals surface area contributed by atoms with Crippen LogP contribution in [0.15, 0.2) is 4.90 Å². The SMILES string of the molecule is Cc1[nH]nc(C(=O)O)c1S(=O)(=O)N(C)CC1CCCO1. The maximum Gasteiger partial charge on any atom is 0.357 e. The Kier molecular flexibility index (Phi) is 4.11. The molecule has 0 spiro atoms. The number of aryl methyl sites for hydroxylation is 1. The highest BCUT2D eigenvalue weighted by atomic mass is 32.2. The van der Waals surface area contributed by atoms with Gasteiger partial charge in [-0.1, -0.05) is 0 Å². The van der Waals surface area contributed by atoms with Gasteiger partial charge in [-0.15, -0.1) is 0 Å². The third kappa shape index (κ3) is 2.69. The number of nitrogens with zero attached hydrogens (tertiary/aromatic N) is 2. The van der Waals surface area contributed by atoms with E-state index < -0.39 is 21.7 Å². The molecule has 1 aromatic heterocycles. The maximum absolute atomic E-state index is 12.5. The smallest absolute Gasteiger partial charge is 0.357 e. The summed E-state index contributed by atoms with van der Waals surface area (Å²) in [6.07, 6.45) is 1.56. The Bertz CT molecular complexity index is 604. The first-order chi connectivity index (χ1) is 9.34. The van der Waals surface area contributed by atoms with Crippen molar-refractivity contribution in [2.75, 3.05) is 20.2 Å². The lowest BCUT2D eigenvalue weighted by molar-refractivity contribution is 0.0686. The van der Waals surface area contributed by atoms with Crippen molar-refractivity contribution in [2.45, 2.75) is 30.8 Å². The minimum atomic E-state index is -3.91. The molecule has 1 unspecified atom stereocenters. The highest BCUT2D eigenvalue weighted by molar-refractivity contribution is 7.89. The second kappa shape index (κ2) is 5.51. The molecule has 1 saturated heterocycles. The molecule has 8 nitrogen and oxygen atoms in total. The lowest BCUT2D eigenvalue weighted by atomic mass is 10.2. The summed E-state index contributed by atoms with van der Waals surface area (Å²) >= 11 is 0. The highest BCUT2D eigenvalue weighted by Gasteiger charge is 2.33. The van der Waals surface area contributed by atoms with Crippen LogP contribution in [0.5, 0.6) is 0 Å². The number of H-pyrrole nitrogens is 1. The number of sulfonamides is 1. The van der Waals surface area contributed by atoms with Gasteiger partial charge in [0.2, 0.25) is 10.0 Å². The van der Waals surface area contributed by atoms with Crippen LogP contribution in [0.3, 0.4) is 0 Å². The van der Waals surface area contributed by atoms with Crippen molar-refractivity contribution in [1.29, 1.82) is 0 Å². The van der Waals surface area contributed by atoms with Crippen molar-refractivity contribution in [1.82, 2.24) is 14.5 Å². The number of likely N-dealkylation sites (N-methyl/N-ethyl adjacent to an activating group) is 1. The average molecular weight is 303 g/mol. The van der Waals surface area contributed by atoms with Gasteiger partial charge < -0.3 is 9.84 Å². The molecule has 0 aliphatic carbocycles. The standard InChI is InChI=1S/C11H17N3O5S/c1-7-10(9(11(15)16)13-12-7)20(17,18)14(2)6-8-4-3-5-19-8/h8H,3-6H2,1-2H3,(H,12,13)(H,15,16). The lowest BCUT2D eigenvalue weighted by Gasteiger charge is -2.20. The number of aromatic nitrogens is 2. The van der Waals surface area contributed by atoms with Crippen LogP contribution in [0.2, 0.25) is 0 Å². The van der Waals surface area contributed by atoms with Crippen LogP contribution in [0, 0.1) is 6.92 Å². The minimum absolute atomic E-state index is 0.143. The minimum Gasteiger partial charge on any atom is -0.476 e. The number of carbonyl (C=O) groups is 1. The van der Waals surface area contributed by atoms with Crippen LogP contribution >= 0.6 is 0 Å². The third-order valence-corrected chi connectivity index (χ3v) is 5.23. The molecule has 1 atom stereocenters. The number of aromatic carboxylic acids is 1. The van der Waals surface area contributed by atoms with E-state index in [0.29, 0.717) is 6.61 Å². The molecule has 0 bridgehead atoms. The van der Waals surface area contributed by atoms with Gasteiger partial charge in [0.15, 0.2) is 5.69 Å². The van der Waals surface area contributed by atoms with Crippen LogP contribution < -0.4 is 0 Å². The molecule has 1 aliphatic heterocycles. The second-order valence-electron chi connectivity index (χ2n) is 4.75. The van der Waals surface area contributed by atoms with E-state index in [1.165, 1.54) is 14.0 Å². The summed E-state index contributed by atoms with van der Waals surface area (Å²) in [6, 6.07) is 0. The van der Waals surface area contributed by atoms with Crippen molar-refractivity contribution >= 4 is 16.0 Å². The summed E-state index contributed by atoms with van der Waals surface area (Å²) < 4.78 is 31.5. The zero-order valence-electron chi connectivity index (χ0n) is 11.3. The van der Waals surface area contributed by atoms with Crippen LogP contribution in [0.4, 0.5) is 0 Å². The summed E-state index contributed by atoms with van der Waals surface area (Å²) in [5.41, 5.74) is -0.275. The molecular formula is C11H17N3O5S. The second-order valence-corrected chi connectivity index (χ2v) is 6.73. The Balaban J connectivity index is 2.29. The van der Waals surface area contributed by atoms with Gasteiger partial charge in [0.1, 0.15) is 4.90 Å². The number of hydrogen-bond donors (Lipinski definition) is 2. The van der Waals surface area contributed by atoms with Crippen LogP contribution in [-0.4, -0.2) is 60.3 Å². The zero-order chi connectivity index (χ0) is 14.9. The fourth-order valence-electron chi connectivity index (χ4n) is 2.21. The molecule has 2 rings (SSSR count). The average Bonchev–Trinajstić information content (AvgIpc) is 2.98. The van der Waals surface area contributed by atoms with Crippen molar-refractivity contribution in [3.63, 3.8) is 0 Å². The summed E-state index contributed by atoms with van der Waals surface area (Å²) in [6.45, 7) is 2.31. The van der Waals surface area contributed by atoms with Crippen LogP contribution in [-0.2, 0) is 14.8 Å². The van der Waals surface area contributed by atoms with E-state index in [0.717, 1.165) is 17.1 Å². The lowest BCUT2D eigenvalue weighted by Crippen LogP contribution is -2.35. The number of carboxylic acid groups (broad SMARTS) is 1. The van der Waals surface area contributed by atoms with Gasteiger partial charge in [-0.2, -0.15) is 9.40 Å². The highest BCUT2D eigenvalue weighted by Crippen LogP contribution is 2.23. The molecule has 20 heavy (non-hydrogen) atoms. The molecule has 0 radical (unpaired) electrons. The van der Waals surface area contributed by atoms with E-state index in [2.05, 4.69) is 10.2 Å². The number of ether oxygens (including phenoxy) is 1. The maximum atomic E-state index is 12.5. The summed E-state index contributed by atoms with van der Waals surface area (Å²) in [7, 11) is -2.50. The molecule has 112 valence electrons. The number of hydrogen-bond acceptors (Lipinski definition) is 5. The quantitative estimate of drug-likeness (QED) is 0.804. The van der Waals surface area contributed by atoms with E-state index in [4.69, 9.17) is 9.84 Å². The number of aromatic amines is 1. The zero-order valence-corrected chi connectivity index (χ0v) is 12.1. The normalized spacial score (nSPS) is 19.6. The van der Waals surface area contributed by atoms with Gasteiger partial charge in [0.25, 0.3) is 0 Å². The first kappa shape index (κ1) is 14.9. The third-order valence-electron chi connectivity index (χ3n) is 3.25. The molecule has 0 aromatic carbocycles. The van der Waals surface area contributed by atoms with Gasteiger partial charge in [-0.05, 0) is 19.8 Å². The van der Waals surface area contributed by atoms with E-state index in [-0.39, 0.29) is 23.2 Å². The molecule has 2 heterocycles. The Morgan fingerprint density at radius 1 is 1.60 bits per heavy atom. The summed E-state index contributed by atoms with van der Waals surface area (Å²) in [5, 5.41) is 15.0. The number of nitrogens with one attached hydrogen (secondary N) is 1. The van der Waals surface area contributed by atoms with Crippen molar-refractivity contribution in [2.24, 2.45) is 0 Å². The van der Waals surface area contributed by atoms with Gasteiger partial charge in [0, 0.05) is 20.2 Å². The van der Waals surface area contributed by atoms with E-state index in [9.17, 15) is 13.2 Å². The Morgan fingerprint density at radius 2 is 2.30 bits per heavy atom. The summed E-state index contributed by atoms with van der Waals surface area (Å²) in [4.78, 5) is 10.8. The largest absolute Gasteiger partial charge is 0.476 e. The molecule has 9 heteroatoms. The van der Waals surface area contributed by atoms with E-state index in [1.807, 2.05) is 0 Å². The predicted molar refractivity (Wildman–Crippen MR) is 69.1 cm³/mol. The Hall–Kier alpha value is -1.45. The molecule has 0 saturated carbocycles. The summed E-state index contributed by atoms with van der Waals surface area (Å²) in [5.74, 6) is -1.38. The molecule has 2 N–H and O–H groups in total. The number of rotatable bonds is 5. The Morgan fingerprint density at radius 3 is 2.85 bits per heavy atom. The van der Waals surface area contributed by atoms with Gasteiger partial charge in [-0.3, -0.25) is 5.10 Å². The molecular weight excluding hydrogens is 286 g/mol. The van der Waals surface area contributed by atoms with Gasteiger partial charge in [-0.25, -0.2) is 13.2 Å². The first-order valence-electron chi connectivity index (χ1n) is 6.20. The van der Waals surface area contributed by atoms with Crippen LogP contribution in [0.1, 0.15) is 29.0 Å². The number of carboxylic acids is 1.